The predicted octanol–water partition coefficient (Wildman–Crippen LogP) is 2.02. The number of rotatable bonds is 9. The van der Waals surface area contributed by atoms with Gasteiger partial charge in [-0.1, -0.05) is 12.1 Å². The van der Waals surface area contributed by atoms with E-state index in [4.69, 9.17) is 4.74 Å². The number of halogens is 5. The molecule has 39 heavy (non-hydrogen) atoms. The van der Waals surface area contributed by atoms with Crippen LogP contribution in [0.5, 0.6) is 5.75 Å². The van der Waals surface area contributed by atoms with Crippen molar-refractivity contribution in [2.75, 3.05) is 45.9 Å². The highest BCUT2D eigenvalue weighted by Crippen LogP contribution is 2.27. The van der Waals surface area contributed by atoms with Crippen molar-refractivity contribution in [1.82, 2.24) is 20.4 Å². The number of carbonyl (C=O) groups is 3. The van der Waals surface area contributed by atoms with Crippen LogP contribution in [0.15, 0.2) is 24.3 Å². The van der Waals surface area contributed by atoms with Crippen molar-refractivity contribution < 1.29 is 45.8 Å². The smallest absolute Gasteiger partial charge is 0.406 e. The number of nitrogens with one attached hydrogen (secondary N) is 2. The molecule has 3 aliphatic heterocycles. The first kappa shape index (κ1) is 29.2. The largest absolute Gasteiger partial charge is 0.573 e. The Morgan fingerprint density at radius 2 is 1.92 bits per heavy atom. The van der Waals surface area contributed by atoms with E-state index in [-0.39, 0.29) is 48.9 Å². The van der Waals surface area contributed by atoms with Crippen LogP contribution in [0, 0.1) is 11.8 Å². The Labute approximate surface area is 222 Å². The lowest BCUT2D eigenvalue weighted by Gasteiger charge is -2.41. The molecule has 3 saturated heterocycles. The van der Waals surface area contributed by atoms with Crippen molar-refractivity contribution in [3.8, 4) is 5.75 Å². The molecule has 0 radical (unpaired) electrons. The molecule has 0 aromatic heterocycles. The normalized spacial score (nSPS) is 24.7. The van der Waals surface area contributed by atoms with Gasteiger partial charge in [0.15, 0.2) is 5.78 Å². The minimum atomic E-state index is -4.87. The van der Waals surface area contributed by atoms with Gasteiger partial charge in [0.2, 0.25) is 11.8 Å². The summed E-state index contributed by atoms with van der Waals surface area (Å²) in [6.07, 6.45) is -6.98. The third kappa shape index (κ3) is 8.08. The number of ketones is 1. The van der Waals surface area contributed by atoms with Gasteiger partial charge in [-0.25, -0.2) is 8.78 Å². The number of benzene rings is 1. The summed E-state index contributed by atoms with van der Waals surface area (Å²) in [4.78, 5) is 41.1. The van der Waals surface area contributed by atoms with Crippen LogP contribution in [0.2, 0.25) is 0 Å². The summed E-state index contributed by atoms with van der Waals surface area (Å²) < 4.78 is 73.3. The van der Waals surface area contributed by atoms with Crippen LogP contribution in [0.25, 0.3) is 0 Å². The highest BCUT2D eigenvalue weighted by Gasteiger charge is 2.39. The molecule has 216 valence electrons. The average Bonchev–Trinajstić information content (AvgIpc) is 2.87. The quantitative estimate of drug-likeness (QED) is 0.351. The van der Waals surface area contributed by atoms with Crippen molar-refractivity contribution in [3.63, 3.8) is 0 Å². The van der Waals surface area contributed by atoms with Crippen LogP contribution in [0.3, 0.4) is 0 Å². The molecular formula is C25H31F5N4O5. The fourth-order valence-corrected chi connectivity index (χ4v) is 5.26. The van der Waals surface area contributed by atoms with Gasteiger partial charge in [0.05, 0.1) is 38.3 Å². The van der Waals surface area contributed by atoms with Gasteiger partial charge in [-0.3, -0.25) is 24.6 Å². The van der Waals surface area contributed by atoms with Crippen molar-refractivity contribution in [2.24, 2.45) is 11.8 Å². The molecule has 3 heterocycles. The van der Waals surface area contributed by atoms with Gasteiger partial charge in [-0.2, -0.15) is 0 Å². The number of hydrogen-bond acceptors (Lipinski definition) is 7. The Hall–Kier alpha value is -2.84. The monoisotopic (exact) mass is 562 g/mol. The maximum absolute atomic E-state index is 13.3. The molecule has 0 saturated carbocycles. The molecule has 0 bridgehead atoms. The van der Waals surface area contributed by atoms with Gasteiger partial charge in [0, 0.05) is 24.1 Å². The number of nitrogens with zero attached hydrogens (tertiary/aromatic N) is 2. The van der Waals surface area contributed by atoms with E-state index in [1.165, 1.54) is 12.1 Å². The highest BCUT2D eigenvalue weighted by atomic mass is 19.4. The van der Waals surface area contributed by atoms with Crippen LogP contribution in [0.4, 0.5) is 22.0 Å². The molecule has 2 N–H and O–H groups in total. The number of ether oxygens (including phenoxy) is 2. The van der Waals surface area contributed by atoms with E-state index >= 15 is 0 Å². The summed E-state index contributed by atoms with van der Waals surface area (Å²) >= 11 is 0. The molecule has 0 spiro atoms. The van der Waals surface area contributed by atoms with Crippen LogP contribution < -0.4 is 15.4 Å². The van der Waals surface area contributed by atoms with Gasteiger partial charge in [-0.15, -0.1) is 13.2 Å². The number of fused-ring (bicyclic) bond motifs is 1. The van der Waals surface area contributed by atoms with Gasteiger partial charge in [0.25, 0.3) is 6.43 Å². The van der Waals surface area contributed by atoms with Crippen molar-refractivity contribution in [2.45, 2.75) is 44.3 Å². The third-order valence-corrected chi connectivity index (χ3v) is 7.21. The summed E-state index contributed by atoms with van der Waals surface area (Å²) in [6, 6.07) is 4.74. The van der Waals surface area contributed by atoms with Crippen molar-refractivity contribution >= 4 is 17.6 Å². The Bertz CT molecular complexity index is 1030. The fourth-order valence-electron chi connectivity index (χ4n) is 5.26. The van der Waals surface area contributed by atoms with E-state index in [1.807, 2.05) is 0 Å². The van der Waals surface area contributed by atoms with E-state index in [2.05, 4.69) is 15.4 Å². The molecule has 9 nitrogen and oxygen atoms in total. The van der Waals surface area contributed by atoms with E-state index in [9.17, 15) is 36.3 Å². The topological polar surface area (TPSA) is 100 Å². The van der Waals surface area contributed by atoms with Gasteiger partial charge in [-0.05, 0) is 44.5 Å². The number of amides is 2. The maximum Gasteiger partial charge on any atom is 0.573 e. The van der Waals surface area contributed by atoms with Crippen molar-refractivity contribution in [3.05, 3.63) is 29.8 Å². The molecule has 4 rings (SSSR count). The number of carbonyl (C=O) groups excluding carboxylic acids is 3. The maximum atomic E-state index is 13.3. The van der Waals surface area contributed by atoms with Crippen LogP contribution in [-0.2, 0) is 14.3 Å². The summed E-state index contributed by atoms with van der Waals surface area (Å²) in [5, 5.41) is 5.96. The van der Waals surface area contributed by atoms with E-state index in [0.717, 1.165) is 17.0 Å². The molecule has 3 fully saturated rings. The number of likely N-dealkylation sites (tertiary alicyclic amines) is 1. The van der Waals surface area contributed by atoms with E-state index in [0.29, 0.717) is 39.0 Å². The van der Waals surface area contributed by atoms with E-state index < -0.39 is 43.1 Å². The Morgan fingerprint density at radius 3 is 2.62 bits per heavy atom. The number of Topliss-reactive ketones (excluding diaryl/α,β-unsaturated/α-hetero) is 1. The van der Waals surface area contributed by atoms with Gasteiger partial charge in [0.1, 0.15) is 5.75 Å². The number of hydrogen-bond donors (Lipinski definition) is 2. The molecule has 3 atom stereocenters. The molecule has 0 aliphatic carbocycles. The fraction of sp³-hybridized carbons (Fsp3) is 0.640. The summed E-state index contributed by atoms with van der Waals surface area (Å²) in [6.45, 7) is 0.403. The van der Waals surface area contributed by atoms with Gasteiger partial charge < -0.3 is 19.7 Å². The van der Waals surface area contributed by atoms with Crippen LogP contribution in [-0.4, -0.2) is 98.3 Å². The minimum absolute atomic E-state index is 0.100. The van der Waals surface area contributed by atoms with E-state index in [1.54, 1.807) is 4.90 Å². The predicted molar refractivity (Wildman–Crippen MR) is 127 cm³/mol. The third-order valence-electron chi connectivity index (χ3n) is 7.21. The second-order valence-electron chi connectivity index (χ2n) is 9.98. The Balaban J connectivity index is 1.29. The first-order chi connectivity index (χ1) is 18.5. The molecule has 3 unspecified atom stereocenters. The first-order valence-corrected chi connectivity index (χ1v) is 12.8. The molecule has 1 aromatic rings. The molecule has 2 amide bonds. The van der Waals surface area contributed by atoms with Crippen LogP contribution in [0.1, 0.15) is 29.6 Å². The molecule has 14 heteroatoms. The second-order valence-corrected chi connectivity index (χ2v) is 9.98. The summed E-state index contributed by atoms with van der Waals surface area (Å²) in [5.74, 6) is -2.39. The number of piperidine rings is 1. The zero-order chi connectivity index (χ0) is 28.2. The SMILES string of the molecule is O=C(c1cccc(OC(F)(F)F)c1)C1CCN(CC(=O)N(CC(F)F)CC2NC(=O)C3COCCC3N2)CC1. The Kier molecular flexibility index (Phi) is 9.39. The second kappa shape index (κ2) is 12.6. The molecule has 1 aromatic carbocycles. The molecular weight excluding hydrogens is 531 g/mol. The van der Waals surface area contributed by atoms with Crippen LogP contribution >= 0.6 is 0 Å². The minimum Gasteiger partial charge on any atom is -0.406 e. The number of alkyl halides is 5. The standard InChI is InChI=1S/C25H31F5N4O5/c26-20(27)11-34(12-21-31-19-6-9-38-14-18(19)24(37)32-21)22(35)13-33-7-4-15(5-8-33)23(36)16-2-1-3-17(10-16)39-25(28,29)30/h1-3,10,15,18-21,31H,4-9,11-14H2,(H,32,37). The summed E-state index contributed by atoms with van der Waals surface area (Å²) in [7, 11) is 0. The molecule has 3 aliphatic rings. The zero-order valence-electron chi connectivity index (χ0n) is 21.1. The van der Waals surface area contributed by atoms with Crippen molar-refractivity contribution in [1.29, 1.82) is 0 Å². The highest BCUT2D eigenvalue weighted by molar-refractivity contribution is 5.98. The lowest BCUT2D eigenvalue weighted by atomic mass is 9.89. The lowest BCUT2D eigenvalue weighted by Crippen LogP contribution is -2.67. The zero-order valence-corrected chi connectivity index (χ0v) is 21.1. The summed E-state index contributed by atoms with van der Waals surface area (Å²) in [5.41, 5.74) is 0.100. The lowest BCUT2D eigenvalue weighted by molar-refractivity contribution is -0.274. The first-order valence-electron chi connectivity index (χ1n) is 12.8. The van der Waals surface area contributed by atoms with Gasteiger partial charge >= 0.3 is 6.36 Å². The Morgan fingerprint density at radius 1 is 1.18 bits per heavy atom. The average molecular weight is 563 g/mol.